The molecular formula is C19H22N4O5S. The summed E-state index contributed by atoms with van der Waals surface area (Å²) in [4.78, 5) is 36.6. The van der Waals surface area contributed by atoms with Crippen LogP contribution in [0, 0.1) is 0 Å². The van der Waals surface area contributed by atoms with Crippen molar-refractivity contribution in [3.8, 4) is 0 Å². The lowest BCUT2D eigenvalue weighted by Crippen LogP contribution is -2.50. The van der Waals surface area contributed by atoms with E-state index in [1.807, 2.05) is 4.90 Å². The number of piperazine rings is 1. The van der Waals surface area contributed by atoms with E-state index < -0.39 is 15.8 Å². The zero-order chi connectivity index (χ0) is 20.9. The third-order valence-corrected chi connectivity index (χ3v) is 5.24. The second kappa shape index (κ2) is 8.99. The molecule has 3 rings (SSSR count). The molecule has 1 aliphatic rings. The topological polar surface area (TPSA) is 110 Å². The molecule has 0 bridgehead atoms. The van der Waals surface area contributed by atoms with Gasteiger partial charge in [-0.15, -0.1) is 0 Å². The number of nitrogens with zero attached hydrogens (tertiary/aromatic N) is 4. The number of esters is 1. The minimum Gasteiger partial charge on any atom is -0.452 e. The van der Waals surface area contributed by atoms with Crippen molar-refractivity contribution in [1.29, 1.82) is 0 Å². The SMILES string of the molecule is CS(=O)(=O)Cc1cccc(C(=O)OCC(=O)N2CCN(c3ncccn3)CC2)c1. The fraction of sp³-hybridized carbons (Fsp3) is 0.368. The van der Waals surface area contributed by atoms with Gasteiger partial charge < -0.3 is 14.5 Å². The van der Waals surface area contributed by atoms with E-state index in [-0.39, 0.29) is 23.8 Å². The normalized spacial score (nSPS) is 14.5. The Morgan fingerprint density at radius 2 is 1.76 bits per heavy atom. The van der Waals surface area contributed by atoms with Crippen molar-refractivity contribution in [3.05, 3.63) is 53.9 Å². The summed E-state index contributed by atoms with van der Waals surface area (Å²) in [5, 5.41) is 0. The number of hydrogen-bond acceptors (Lipinski definition) is 8. The summed E-state index contributed by atoms with van der Waals surface area (Å²) in [5.74, 6) is -0.480. The maximum Gasteiger partial charge on any atom is 0.338 e. The van der Waals surface area contributed by atoms with Crippen LogP contribution in [0.5, 0.6) is 0 Å². The monoisotopic (exact) mass is 418 g/mol. The number of rotatable bonds is 6. The molecule has 1 aromatic heterocycles. The van der Waals surface area contributed by atoms with E-state index in [1.54, 1.807) is 35.5 Å². The molecule has 2 aromatic rings. The Morgan fingerprint density at radius 1 is 1.07 bits per heavy atom. The van der Waals surface area contributed by atoms with Crippen molar-refractivity contribution >= 4 is 27.7 Å². The molecule has 10 heteroatoms. The third kappa shape index (κ3) is 5.98. The molecule has 0 unspecified atom stereocenters. The van der Waals surface area contributed by atoms with E-state index in [2.05, 4.69) is 9.97 Å². The van der Waals surface area contributed by atoms with Gasteiger partial charge in [-0.3, -0.25) is 4.79 Å². The van der Waals surface area contributed by atoms with Crippen LogP contribution in [0.15, 0.2) is 42.7 Å². The van der Waals surface area contributed by atoms with Crippen molar-refractivity contribution in [2.45, 2.75) is 5.75 Å². The Morgan fingerprint density at radius 3 is 2.41 bits per heavy atom. The van der Waals surface area contributed by atoms with Gasteiger partial charge in [0.15, 0.2) is 16.4 Å². The maximum absolute atomic E-state index is 12.4. The summed E-state index contributed by atoms with van der Waals surface area (Å²) in [7, 11) is -3.21. The van der Waals surface area contributed by atoms with Crippen molar-refractivity contribution in [1.82, 2.24) is 14.9 Å². The molecule has 0 N–H and O–H groups in total. The lowest BCUT2D eigenvalue weighted by Gasteiger charge is -2.34. The van der Waals surface area contributed by atoms with Crippen molar-refractivity contribution in [2.24, 2.45) is 0 Å². The van der Waals surface area contributed by atoms with Crippen molar-refractivity contribution in [2.75, 3.05) is 43.9 Å². The van der Waals surface area contributed by atoms with Crippen LogP contribution in [0.4, 0.5) is 5.95 Å². The highest BCUT2D eigenvalue weighted by atomic mass is 32.2. The van der Waals surface area contributed by atoms with Gasteiger partial charge in [0.1, 0.15) is 0 Å². The van der Waals surface area contributed by atoms with Gasteiger partial charge in [-0.05, 0) is 23.8 Å². The average Bonchev–Trinajstić information content (AvgIpc) is 2.71. The number of sulfone groups is 1. The first-order valence-corrected chi connectivity index (χ1v) is 11.1. The molecule has 29 heavy (non-hydrogen) atoms. The van der Waals surface area contributed by atoms with Crippen LogP contribution in [0.2, 0.25) is 0 Å². The summed E-state index contributed by atoms with van der Waals surface area (Å²) in [6.45, 7) is 1.79. The predicted octanol–water partition coefficient (Wildman–Crippen LogP) is 0.527. The number of ether oxygens (including phenoxy) is 1. The second-order valence-electron chi connectivity index (χ2n) is 6.76. The summed E-state index contributed by atoms with van der Waals surface area (Å²) >= 11 is 0. The molecule has 0 aliphatic carbocycles. The lowest BCUT2D eigenvalue weighted by atomic mass is 10.1. The van der Waals surface area contributed by atoms with Crippen LogP contribution in [0.25, 0.3) is 0 Å². The Bertz CT molecular complexity index is 973. The average molecular weight is 418 g/mol. The van der Waals surface area contributed by atoms with Gasteiger partial charge in [0.25, 0.3) is 5.91 Å². The van der Waals surface area contributed by atoms with Gasteiger partial charge >= 0.3 is 5.97 Å². The van der Waals surface area contributed by atoms with Crippen LogP contribution in [0.3, 0.4) is 0 Å². The Hall–Kier alpha value is -3.01. The zero-order valence-electron chi connectivity index (χ0n) is 16.0. The molecule has 0 spiro atoms. The first-order valence-electron chi connectivity index (χ1n) is 9.05. The summed E-state index contributed by atoms with van der Waals surface area (Å²) in [6, 6.07) is 7.95. The van der Waals surface area contributed by atoms with E-state index in [0.29, 0.717) is 37.7 Å². The van der Waals surface area contributed by atoms with Gasteiger partial charge in [-0.25, -0.2) is 23.2 Å². The number of anilines is 1. The molecular weight excluding hydrogens is 396 g/mol. The standard InChI is InChI=1S/C19H22N4O5S/c1-29(26,27)14-15-4-2-5-16(12-15)18(25)28-13-17(24)22-8-10-23(11-9-22)19-20-6-3-7-21-19/h2-7,12H,8-11,13-14H2,1H3. The lowest BCUT2D eigenvalue weighted by molar-refractivity contribution is -0.134. The molecule has 154 valence electrons. The van der Waals surface area contributed by atoms with Crippen LogP contribution >= 0.6 is 0 Å². The third-order valence-electron chi connectivity index (χ3n) is 4.39. The van der Waals surface area contributed by atoms with E-state index in [1.165, 1.54) is 12.1 Å². The number of aromatic nitrogens is 2. The first-order chi connectivity index (χ1) is 13.8. The number of carbonyl (C=O) groups is 2. The summed E-state index contributed by atoms with van der Waals surface area (Å²) in [5.41, 5.74) is 0.706. The largest absolute Gasteiger partial charge is 0.452 e. The van der Waals surface area contributed by atoms with Gasteiger partial charge in [0.05, 0.1) is 11.3 Å². The molecule has 0 atom stereocenters. The van der Waals surface area contributed by atoms with Gasteiger partial charge in [0.2, 0.25) is 5.95 Å². The molecule has 1 saturated heterocycles. The smallest absolute Gasteiger partial charge is 0.338 e. The van der Waals surface area contributed by atoms with Crippen LogP contribution < -0.4 is 4.90 Å². The van der Waals surface area contributed by atoms with Crippen molar-refractivity contribution in [3.63, 3.8) is 0 Å². The quantitative estimate of drug-likeness (QED) is 0.625. The summed E-state index contributed by atoms with van der Waals surface area (Å²) < 4.78 is 27.9. The molecule has 0 saturated carbocycles. The molecule has 9 nitrogen and oxygen atoms in total. The Kier molecular flexibility index (Phi) is 6.42. The van der Waals surface area contributed by atoms with Crippen LogP contribution in [-0.2, 0) is 25.1 Å². The number of benzene rings is 1. The fourth-order valence-corrected chi connectivity index (χ4v) is 3.79. The van der Waals surface area contributed by atoms with E-state index in [4.69, 9.17) is 4.74 Å². The molecule has 1 aromatic carbocycles. The molecule has 2 heterocycles. The number of hydrogen-bond donors (Lipinski definition) is 0. The fourth-order valence-electron chi connectivity index (χ4n) is 3.00. The predicted molar refractivity (Wildman–Crippen MR) is 106 cm³/mol. The number of amides is 1. The zero-order valence-corrected chi connectivity index (χ0v) is 16.8. The number of carbonyl (C=O) groups excluding carboxylic acids is 2. The second-order valence-corrected chi connectivity index (χ2v) is 8.90. The minimum absolute atomic E-state index is 0.164. The highest BCUT2D eigenvalue weighted by Crippen LogP contribution is 2.12. The maximum atomic E-state index is 12.4. The van der Waals surface area contributed by atoms with Gasteiger partial charge in [-0.1, -0.05) is 12.1 Å². The highest BCUT2D eigenvalue weighted by Gasteiger charge is 2.23. The first kappa shape index (κ1) is 20.7. The van der Waals surface area contributed by atoms with Gasteiger partial charge in [-0.2, -0.15) is 0 Å². The minimum atomic E-state index is -3.21. The van der Waals surface area contributed by atoms with E-state index in [0.717, 1.165) is 6.26 Å². The van der Waals surface area contributed by atoms with Crippen LogP contribution in [0.1, 0.15) is 15.9 Å². The highest BCUT2D eigenvalue weighted by molar-refractivity contribution is 7.89. The van der Waals surface area contributed by atoms with E-state index >= 15 is 0 Å². The van der Waals surface area contributed by atoms with Crippen molar-refractivity contribution < 1.29 is 22.7 Å². The van der Waals surface area contributed by atoms with Gasteiger partial charge in [0, 0.05) is 44.8 Å². The Labute approximate surface area is 169 Å². The molecule has 1 aliphatic heterocycles. The summed E-state index contributed by atoms with van der Waals surface area (Å²) in [6.07, 6.45) is 4.47. The Balaban J connectivity index is 1.50. The molecule has 1 amide bonds. The molecule has 0 radical (unpaired) electrons. The van der Waals surface area contributed by atoms with Crippen LogP contribution in [-0.4, -0.2) is 74.2 Å². The van der Waals surface area contributed by atoms with E-state index in [9.17, 15) is 18.0 Å². The molecule has 1 fully saturated rings.